The summed E-state index contributed by atoms with van der Waals surface area (Å²) in [4.78, 5) is 14.4. The fraction of sp³-hybridized carbons (Fsp3) is 0.357. The van der Waals surface area contributed by atoms with E-state index in [2.05, 4.69) is 15.0 Å². The van der Waals surface area contributed by atoms with Crippen molar-refractivity contribution in [2.45, 2.75) is 20.8 Å². The van der Waals surface area contributed by atoms with Crippen LogP contribution >= 0.6 is 23.2 Å². The van der Waals surface area contributed by atoms with Crippen LogP contribution in [0.25, 0.3) is 0 Å². The Morgan fingerprint density at radius 3 is 2.48 bits per heavy atom. The van der Waals surface area contributed by atoms with Crippen molar-refractivity contribution < 1.29 is 4.74 Å². The smallest absolute Gasteiger partial charge is 0.328 e. The minimum Gasteiger partial charge on any atom is -0.424 e. The van der Waals surface area contributed by atoms with Crippen molar-refractivity contribution >= 4 is 29.2 Å². The highest BCUT2D eigenvalue weighted by Crippen LogP contribution is 2.27. The summed E-state index contributed by atoms with van der Waals surface area (Å²) in [7, 11) is 0. The molecule has 1 aromatic heterocycles. The predicted octanol–water partition coefficient (Wildman–Crippen LogP) is 4.13. The lowest BCUT2D eigenvalue weighted by Gasteiger charge is -2.18. The number of rotatable bonds is 5. The summed E-state index contributed by atoms with van der Waals surface area (Å²) >= 11 is 11.9. The molecule has 7 heteroatoms. The van der Waals surface area contributed by atoms with Crippen LogP contribution < -0.4 is 9.64 Å². The second kappa shape index (κ2) is 6.91. The number of aromatic nitrogens is 3. The lowest BCUT2D eigenvalue weighted by Crippen LogP contribution is -2.24. The van der Waals surface area contributed by atoms with Gasteiger partial charge in [0.1, 0.15) is 5.75 Å². The first-order chi connectivity index (χ1) is 10.0. The second-order valence-electron chi connectivity index (χ2n) is 4.37. The van der Waals surface area contributed by atoms with Crippen LogP contribution in [0.1, 0.15) is 19.4 Å². The van der Waals surface area contributed by atoms with Crippen LogP contribution in [-0.4, -0.2) is 28.0 Å². The molecule has 0 spiro atoms. The first kappa shape index (κ1) is 15.8. The molecule has 0 aliphatic carbocycles. The average Bonchev–Trinajstić information content (AvgIpc) is 2.44. The number of hydrogen-bond acceptors (Lipinski definition) is 5. The molecule has 0 saturated carbocycles. The lowest BCUT2D eigenvalue weighted by molar-refractivity contribution is 0.436. The van der Waals surface area contributed by atoms with Crippen LogP contribution in [0.5, 0.6) is 11.8 Å². The van der Waals surface area contributed by atoms with Gasteiger partial charge in [-0.2, -0.15) is 15.0 Å². The van der Waals surface area contributed by atoms with Crippen molar-refractivity contribution in [1.82, 2.24) is 15.0 Å². The fourth-order valence-corrected chi connectivity index (χ4v) is 2.11. The molecule has 5 nitrogen and oxygen atoms in total. The van der Waals surface area contributed by atoms with Crippen LogP contribution in [0.3, 0.4) is 0 Å². The lowest BCUT2D eigenvalue weighted by atomic mass is 10.2. The fourth-order valence-electron chi connectivity index (χ4n) is 1.80. The molecular weight excluding hydrogens is 311 g/mol. The predicted molar refractivity (Wildman–Crippen MR) is 84.7 cm³/mol. The van der Waals surface area contributed by atoms with E-state index in [1.54, 1.807) is 12.1 Å². The summed E-state index contributed by atoms with van der Waals surface area (Å²) in [5.41, 5.74) is 0.931. The van der Waals surface area contributed by atoms with Gasteiger partial charge in [-0.05, 0) is 50.1 Å². The number of anilines is 1. The second-order valence-corrected chi connectivity index (χ2v) is 5.15. The molecule has 0 aliphatic rings. The number of ether oxygens (including phenoxy) is 1. The summed E-state index contributed by atoms with van der Waals surface area (Å²) in [5, 5.41) is 0.682. The first-order valence-electron chi connectivity index (χ1n) is 6.64. The average molecular weight is 327 g/mol. The topological polar surface area (TPSA) is 51.1 Å². The molecular formula is C14H16Cl2N4O. The number of benzene rings is 1. The van der Waals surface area contributed by atoms with E-state index in [0.29, 0.717) is 16.7 Å². The van der Waals surface area contributed by atoms with Gasteiger partial charge in [0.2, 0.25) is 11.2 Å². The van der Waals surface area contributed by atoms with Crippen molar-refractivity contribution in [3.05, 3.63) is 34.1 Å². The highest BCUT2D eigenvalue weighted by atomic mass is 35.5. The van der Waals surface area contributed by atoms with Gasteiger partial charge in [0.25, 0.3) is 0 Å². The molecule has 112 valence electrons. The Bertz CT molecular complexity index is 632. The van der Waals surface area contributed by atoms with Gasteiger partial charge >= 0.3 is 6.01 Å². The summed E-state index contributed by atoms with van der Waals surface area (Å²) in [6.45, 7) is 7.49. The molecule has 2 rings (SSSR count). The third-order valence-electron chi connectivity index (χ3n) is 2.97. The first-order valence-corrected chi connectivity index (χ1v) is 7.39. The van der Waals surface area contributed by atoms with Crippen molar-refractivity contribution in [3.63, 3.8) is 0 Å². The maximum absolute atomic E-state index is 5.97. The van der Waals surface area contributed by atoms with Crippen LogP contribution in [0, 0.1) is 6.92 Å². The summed E-state index contributed by atoms with van der Waals surface area (Å²) in [5.74, 6) is 1.09. The van der Waals surface area contributed by atoms with Gasteiger partial charge in [-0.15, -0.1) is 0 Å². The molecule has 0 radical (unpaired) electrons. The van der Waals surface area contributed by atoms with Crippen LogP contribution in [0.2, 0.25) is 10.3 Å². The molecule has 0 aliphatic heterocycles. The molecule has 21 heavy (non-hydrogen) atoms. The quantitative estimate of drug-likeness (QED) is 0.826. The van der Waals surface area contributed by atoms with E-state index in [0.717, 1.165) is 18.7 Å². The van der Waals surface area contributed by atoms with Crippen molar-refractivity contribution in [3.8, 4) is 11.8 Å². The van der Waals surface area contributed by atoms with E-state index in [9.17, 15) is 0 Å². The maximum Gasteiger partial charge on any atom is 0.328 e. The van der Waals surface area contributed by atoms with Gasteiger partial charge in [-0.3, -0.25) is 0 Å². The SMILES string of the molecule is CCN(CC)c1nc(Cl)nc(Oc2cc(Cl)ccc2C)n1. The van der Waals surface area contributed by atoms with Crippen LogP contribution in [0.15, 0.2) is 18.2 Å². The van der Waals surface area contributed by atoms with Crippen LogP contribution in [0.4, 0.5) is 5.95 Å². The van der Waals surface area contributed by atoms with Gasteiger partial charge in [0.15, 0.2) is 0 Å². The minimum absolute atomic E-state index is 0.0987. The van der Waals surface area contributed by atoms with E-state index >= 15 is 0 Å². The summed E-state index contributed by atoms with van der Waals surface area (Å²) in [6, 6.07) is 5.53. The maximum atomic E-state index is 5.97. The zero-order valence-corrected chi connectivity index (χ0v) is 13.6. The number of halogens is 2. The van der Waals surface area contributed by atoms with Crippen LogP contribution in [-0.2, 0) is 0 Å². The van der Waals surface area contributed by atoms with E-state index in [-0.39, 0.29) is 11.3 Å². The number of hydrogen-bond donors (Lipinski definition) is 0. The molecule has 0 saturated heterocycles. The Hall–Kier alpha value is -1.59. The number of aryl methyl sites for hydroxylation is 1. The Kier molecular flexibility index (Phi) is 5.20. The van der Waals surface area contributed by atoms with Gasteiger partial charge in [0.05, 0.1) is 0 Å². The molecule has 1 aromatic carbocycles. The van der Waals surface area contributed by atoms with Crippen molar-refractivity contribution in [1.29, 1.82) is 0 Å². The monoisotopic (exact) mass is 326 g/mol. The summed E-state index contributed by atoms with van der Waals surface area (Å²) in [6.07, 6.45) is 0. The van der Waals surface area contributed by atoms with Gasteiger partial charge in [-0.1, -0.05) is 17.7 Å². The van der Waals surface area contributed by atoms with E-state index in [1.807, 2.05) is 31.7 Å². The Balaban J connectivity index is 2.34. The highest BCUT2D eigenvalue weighted by molar-refractivity contribution is 6.30. The highest BCUT2D eigenvalue weighted by Gasteiger charge is 2.12. The third-order valence-corrected chi connectivity index (χ3v) is 3.38. The zero-order valence-electron chi connectivity index (χ0n) is 12.1. The molecule has 0 amide bonds. The molecule has 1 heterocycles. The van der Waals surface area contributed by atoms with E-state index < -0.39 is 0 Å². The molecule has 0 fully saturated rings. The molecule has 0 unspecified atom stereocenters. The third kappa shape index (κ3) is 3.95. The van der Waals surface area contributed by atoms with Gasteiger partial charge in [-0.25, -0.2) is 0 Å². The van der Waals surface area contributed by atoms with Gasteiger partial charge in [0, 0.05) is 18.1 Å². The molecule has 0 atom stereocenters. The number of nitrogens with zero attached hydrogens (tertiary/aromatic N) is 4. The van der Waals surface area contributed by atoms with Crippen molar-refractivity contribution in [2.24, 2.45) is 0 Å². The standard InChI is InChI=1S/C14H16Cl2N4O/c1-4-20(5-2)13-17-12(16)18-14(19-13)21-11-8-10(15)7-6-9(11)3/h6-8H,4-5H2,1-3H3. The van der Waals surface area contributed by atoms with E-state index in [1.165, 1.54) is 0 Å². The van der Waals surface area contributed by atoms with Crippen molar-refractivity contribution in [2.75, 3.05) is 18.0 Å². The largest absolute Gasteiger partial charge is 0.424 e. The molecule has 0 bridgehead atoms. The normalized spacial score (nSPS) is 10.5. The van der Waals surface area contributed by atoms with Gasteiger partial charge < -0.3 is 9.64 Å². The Morgan fingerprint density at radius 1 is 1.10 bits per heavy atom. The van der Waals surface area contributed by atoms with E-state index in [4.69, 9.17) is 27.9 Å². The Morgan fingerprint density at radius 2 is 1.81 bits per heavy atom. The molecule has 0 N–H and O–H groups in total. The molecule has 2 aromatic rings. The Labute approximate surface area is 133 Å². The summed E-state index contributed by atoms with van der Waals surface area (Å²) < 4.78 is 5.69. The minimum atomic E-state index is 0.0987. The zero-order chi connectivity index (χ0) is 15.4.